The maximum absolute atomic E-state index is 12.7. The summed E-state index contributed by atoms with van der Waals surface area (Å²) in [6.07, 6.45) is -2.91. The number of hydrogen-bond acceptors (Lipinski definition) is 2. The Morgan fingerprint density at radius 2 is 1.83 bits per heavy atom. The molecule has 1 amide bonds. The van der Waals surface area contributed by atoms with Gasteiger partial charge in [0.15, 0.2) is 4.87 Å². The number of carboxylic acid groups (broad SMARTS) is 1. The molecule has 122 valence electrons. The highest BCUT2D eigenvalue weighted by Crippen LogP contribution is 2.39. The molecular formula is C15H11ClF3NO3. The molecule has 0 bridgehead atoms. The molecule has 0 heterocycles. The second-order valence-corrected chi connectivity index (χ2v) is 5.48. The highest BCUT2D eigenvalue weighted by atomic mass is 35.5. The van der Waals surface area contributed by atoms with Crippen LogP contribution in [0.15, 0.2) is 54.1 Å². The monoisotopic (exact) mass is 345 g/mol. The van der Waals surface area contributed by atoms with Gasteiger partial charge in [-0.1, -0.05) is 36.4 Å². The molecule has 1 aromatic carbocycles. The van der Waals surface area contributed by atoms with Gasteiger partial charge in [0.2, 0.25) is 0 Å². The maximum Gasteiger partial charge on any atom is 0.416 e. The van der Waals surface area contributed by atoms with Crippen molar-refractivity contribution in [1.82, 2.24) is 0 Å². The average molecular weight is 346 g/mol. The maximum atomic E-state index is 12.7. The van der Waals surface area contributed by atoms with E-state index in [-0.39, 0.29) is 0 Å². The smallest absolute Gasteiger partial charge is 0.416 e. The van der Waals surface area contributed by atoms with E-state index in [1.165, 1.54) is 12.1 Å². The highest BCUT2D eigenvalue weighted by Gasteiger charge is 2.49. The number of allylic oxidation sites excluding steroid dienone is 2. The molecule has 2 unspecified atom stereocenters. The van der Waals surface area contributed by atoms with Crippen LogP contribution in [0, 0.1) is 5.92 Å². The Morgan fingerprint density at radius 3 is 2.35 bits per heavy atom. The molecule has 23 heavy (non-hydrogen) atoms. The number of alkyl halides is 4. The van der Waals surface area contributed by atoms with Gasteiger partial charge in [-0.05, 0) is 12.1 Å². The Kier molecular flexibility index (Phi) is 4.51. The van der Waals surface area contributed by atoms with Crippen LogP contribution in [0.1, 0.15) is 0 Å². The molecule has 1 aliphatic carbocycles. The van der Waals surface area contributed by atoms with Gasteiger partial charge in [0.05, 0.1) is 5.57 Å². The normalized spacial score (nSPS) is 24.0. The lowest BCUT2D eigenvalue weighted by Gasteiger charge is -2.30. The Bertz CT molecular complexity index is 685. The molecular weight excluding hydrogens is 335 g/mol. The number of anilines is 1. The third-order valence-corrected chi connectivity index (χ3v) is 3.81. The van der Waals surface area contributed by atoms with Gasteiger partial charge in [-0.2, -0.15) is 13.2 Å². The number of halogens is 4. The molecule has 0 aliphatic heterocycles. The minimum Gasteiger partial charge on any atom is -0.481 e. The molecule has 8 heteroatoms. The molecule has 0 fully saturated rings. The number of carbonyl (C=O) groups is 2. The van der Waals surface area contributed by atoms with Crippen LogP contribution in [0.4, 0.5) is 18.9 Å². The molecule has 4 nitrogen and oxygen atoms in total. The summed E-state index contributed by atoms with van der Waals surface area (Å²) < 4.78 is 38.2. The van der Waals surface area contributed by atoms with E-state index >= 15 is 0 Å². The summed E-state index contributed by atoms with van der Waals surface area (Å²) in [5.41, 5.74) is -0.811. The summed E-state index contributed by atoms with van der Waals surface area (Å²) in [4.78, 5) is 21.4. The van der Waals surface area contributed by atoms with Crippen molar-refractivity contribution in [3.05, 3.63) is 54.1 Å². The van der Waals surface area contributed by atoms with E-state index < -0.39 is 34.4 Å². The van der Waals surface area contributed by atoms with Gasteiger partial charge < -0.3 is 10.4 Å². The number of amides is 1. The third kappa shape index (κ3) is 3.56. The Morgan fingerprint density at radius 1 is 1.22 bits per heavy atom. The minimum absolute atomic E-state index is 0.348. The molecule has 2 rings (SSSR count). The molecule has 2 atom stereocenters. The van der Waals surface area contributed by atoms with E-state index in [9.17, 15) is 22.8 Å². The van der Waals surface area contributed by atoms with Crippen LogP contribution in [0.5, 0.6) is 0 Å². The predicted molar refractivity (Wildman–Crippen MR) is 78.1 cm³/mol. The second-order valence-electron chi connectivity index (χ2n) is 4.86. The van der Waals surface area contributed by atoms with Crippen LogP contribution in [0.2, 0.25) is 0 Å². The molecule has 0 spiro atoms. The van der Waals surface area contributed by atoms with Crippen molar-refractivity contribution in [2.75, 3.05) is 5.32 Å². The van der Waals surface area contributed by atoms with E-state index in [1.54, 1.807) is 18.2 Å². The van der Waals surface area contributed by atoms with E-state index in [0.29, 0.717) is 17.8 Å². The summed E-state index contributed by atoms with van der Waals surface area (Å²) in [6, 6.07) is 8.03. The first-order chi connectivity index (χ1) is 10.6. The SMILES string of the molecule is O=C(O)C1C=C(C(F)(F)F)C=CC1(Cl)C(=O)Nc1ccccc1. The molecule has 2 N–H and O–H groups in total. The van der Waals surface area contributed by atoms with E-state index in [1.807, 2.05) is 0 Å². The zero-order valence-electron chi connectivity index (χ0n) is 11.5. The van der Waals surface area contributed by atoms with Crippen LogP contribution in [-0.2, 0) is 9.59 Å². The molecule has 1 aromatic rings. The summed E-state index contributed by atoms with van der Waals surface area (Å²) in [5, 5.41) is 11.6. The Hall–Kier alpha value is -2.28. The van der Waals surface area contributed by atoms with E-state index in [2.05, 4.69) is 5.32 Å². The van der Waals surface area contributed by atoms with Crippen molar-refractivity contribution in [2.45, 2.75) is 11.1 Å². The Labute approximate surface area is 134 Å². The zero-order valence-corrected chi connectivity index (χ0v) is 12.2. The first-order valence-corrected chi connectivity index (χ1v) is 6.79. The van der Waals surface area contributed by atoms with Gasteiger partial charge >= 0.3 is 12.1 Å². The van der Waals surface area contributed by atoms with Gasteiger partial charge in [0.1, 0.15) is 5.92 Å². The van der Waals surface area contributed by atoms with Crippen molar-refractivity contribution in [2.24, 2.45) is 5.92 Å². The fourth-order valence-electron chi connectivity index (χ4n) is 2.08. The second kappa shape index (κ2) is 6.08. The highest BCUT2D eigenvalue weighted by molar-refractivity contribution is 6.40. The Balaban J connectivity index is 2.33. The minimum atomic E-state index is -4.72. The molecule has 1 aliphatic rings. The third-order valence-electron chi connectivity index (χ3n) is 3.28. The summed E-state index contributed by atoms with van der Waals surface area (Å²) in [6.45, 7) is 0. The van der Waals surface area contributed by atoms with Crippen LogP contribution in [0.25, 0.3) is 0 Å². The number of nitrogens with one attached hydrogen (secondary N) is 1. The lowest BCUT2D eigenvalue weighted by atomic mass is 9.84. The van der Waals surface area contributed by atoms with E-state index in [0.717, 1.165) is 6.08 Å². The van der Waals surface area contributed by atoms with Crippen molar-refractivity contribution < 1.29 is 27.9 Å². The summed E-state index contributed by atoms with van der Waals surface area (Å²) in [5.74, 6) is -4.41. The number of hydrogen-bond donors (Lipinski definition) is 2. The van der Waals surface area contributed by atoms with Crippen LogP contribution < -0.4 is 5.32 Å². The van der Waals surface area contributed by atoms with Crippen molar-refractivity contribution in [3.8, 4) is 0 Å². The fraction of sp³-hybridized carbons (Fsp3) is 0.200. The molecule has 0 aromatic heterocycles. The molecule has 0 saturated carbocycles. The first kappa shape index (κ1) is 17.1. The van der Waals surface area contributed by atoms with Crippen molar-refractivity contribution in [3.63, 3.8) is 0 Å². The predicted octanol–water partition coefficient (Wildman–Crippen LogP) is 3.36. The largest absolute Gasteiger partial charge is 0.481 e. The van der Waals surface area contributed by atoms with Gasteiger partial charge in [0.25, 0.3) is 5.91 Å². The standard InChI is InChI=1S/C15H11ClF3NO3/c16-14(13(23)20-10-4-2-1-3-5-10)7-6-9(15(17,18)19)8-11(14)12(21)22/h1-8,11H,(H,20,23)(H,21,22). The molecule has 0 radical (unpaired) electrons. The number of carboxylic acids is 1. The van der Waals surface area contributed by atoms with Gasteiger partial charge in [-0.15, -0.1) is 11.6 Å². The topological polar surface area (TPSA) is 66.4 Å². The van der Waals surface area contributed by atoms with Gasteiger partial charge in [-0.25, -0.2) is 0 Å². The lowest BCUT2D eigenvalue weighted by molar-refractivity contribution is -0.142. The van der Waals surface area contributed by atoms with Crippen molar-refractivity contribution in [1.29, 1.82) is 0 Å². The van der Waals surface area contributed by atoms with Crippen molar-refractivity contribution >= 4 is 29.2 Å². The van der Waals surface area contributed by atoms with Gasteiger partial charge in [0, 0.05) is 5.69 Å². The van der Waals surface area contributed by atoms with Crippen LogP contribution in [-0.4, -0.2) is 28.0 Å². The lowest BCUT2D eigenvalue weighted by Crippen LogP contribution is -2.47. The fourth-order valence-corrected chi connectivity index (χ4v) is 2.34. The van der Waals surface area contributed by atoms with Gasteiger partial charge in [-0.3, -0.25) is 9.59 Å². The summed E-state index contributed by atoms with van der Waals surface area (Å²) >= 11 is 6.06. The quantitative estimate of drug-likeness (QED) is 0.825. The van der Waals surface area contributed by atoms with Crippen LogP contribution >= 0.6 is 11.6 Å². The number of para-hydroxylation sites is 1. The average Bonchev–Trinajstić information content (AvgIpc) is 2.47. The number of carbonyl (C=O) groups excluding carboxylic acids is 1. The van der Waals surface area contributed by atoms with E-state index in [4.69, 9.17) is 16.7 Å². The summed E-state index contributed by atoms with van der Waals surface area (Å²) in [7, 11) is 0. The number of rotatable bonds is 3. The first-order valence-electron chi connectivity index (χ1n) is 6.41. The molecule has 0 saturated heterocycles. The van der Waals surface area contributed by atoms with Crippen LogP contribution in [0.3, 0.4) is 0 Å². The number of benzene rings is 1. The zero-order chi connectivity index (χ0) is 17.3. The number of aliphatic carboxylic acids is 1.